The molecule has 2 N–H and O–H groups in total. The van der Waals surface area contributed by atoms with E-state index in [0.29, 0.717) is 12.8 Å². The summed E-state index contributed by atoms with van der Waals surface area (Å²) in [4.78, 5) is 9.97. The van der Waals surface area contributed by atoms with E-state index in [1.807, 2.05) is 0 Å². The molecule has 1 rings (SSSR count). The van der Waals surface area contributed by atoms with Crippen molar-refractivity contribution >= 4 is 6.16 Å². The molecule has 10 heavy (non-hydrogen) atoms. The lowest BCUT2D eigenvalue weighted by atomic mass is 10.3. The number of rotatable bonds is 1. The summed E-state index contributed by atoms with van der Waals surface area (Å²) in [5, 5.41) is 17.2. The molecule has 0 aromatic heterocycles. The van der Waals surface area contributed by atoms with Gasteiger partial charge >= 0.3 is 6.16 Å². The molecule has 1 aliphatic carbocycles. The molecule has 2 unspecified atom stereocenters. The maximum absolute atomic E-state index is 9.97. The van der Waals surface area contributed by atoms with Crippen molar-refractivity contribution in [2.24, 2.45) is 0 Å². The largest absolute Gasteiger partial charge is 0.506 e. The van der Waals surface area contributed by atoms with Crippen molar-refractivity contribution in [3.8, 4) is 0 Å². The Bertz CT molecular complexity index is 134. The number of carboxylic acid groups (broad SMARTS) is 1. The molecule has 2 atom stereocenters. The topological polar surface area (TPSA) is 66.8 Å². The lowest BCUT2D eigenvalue weighted by Crippen LogP contribution is -2.24. The molecule has 1 saturated carbocycles. The summed E-state index contributed by atoms with van der Waals surface area (Å²) < 4.78 is 4.39. The first-order chi connectivity index (χ1) is 4.70. The first kappa shape index (κ1) is 7.34. The highest BCUT2D eigenvalue weighted by Crippen LogP contribution is 2.21. The first-order valence-corrected chi connectivity index (χ1v) is 3.28. The van der Waals surface area contributed by atoms with Gasteiger partial charge in [-0.15, -0.1) is 0 Å². The van der Waals surface area contributed by atoms with Gasteiger partial charge in [0.1, 0.15) is 6.10 Å². The molecule has 58 valence electrons. The maximum atomic E-state index is 9.97. The van der Waals surface area contributed by atoms with E-state index in [4.69, 9.17) is 10.2 Å². The summed E-state index contributed by atoms with van der Waals surface area (Å²) in [7, 11) is 0. The van der Waals surface area contributed by atoms with Gasteiger partial charge in [0.05, 0.1) is 6.10 Å². The molecular weight excluding hydrogens is 136 g/mol. The maximum Gasteiger partial charge on any atom is 0.506 e. The SMILES string of the molecule is O=C(O)OC1CCCC1O. The fourth-order valence-corrected chi connectivity index (χ4v) is 1.17. The molecule has 1 aliphatic rings. The van der Waals surface area contributed by atoms with Crippen LogP contribution in [0.3, 0.4) is 0 Å². The number of hydrogen-bond acceptors (Lipinski definition) is 3. The van der Waals surface area contributed by atoms with Crippen molar-refractivity contribution in [3.05, 3.63) is 0 Å². The Morgan fingerprint density at radius 3 is 2.60 bits per heavy atom. The first-order valence-electron chi connectivity index (χ1n) is 3.28. The Morgan fingerprint density at radius 2 is 2.20 bits per heavy atom. The van der Waals surface area contributed by atoms with Crippen LogP contribution in [-0.4, -0.2) is 28.6 Å². The minimum absolute atomic E-state index is 0.488. The Kier molecular flexibility index (Phi) is 2.11. The summed E-state index contributed by atoms with van der Waals surface area (Å²) in [6, 6.07) is 0. The van der Waals surface area contributed by atoms with Crippen LogP contribution in [0, 0.1) is 0 Å². The van der Waals surface area contributed by atoms with Gasteiger partial charge in [-0.05, 0) is 19.3 Å². The van der Waals surface area contributed by atoms with Gasteiger partial charge in [-0.25, -0.2) is 4.79 Å². The third-order valence-electron chi connectivity index (χ3n) is 1.67. The van der Waals surface area contributed by atoms with Crippen LogP contribution in [0.1, 0.15) is 19.3 Å². The summed E-state index contributed by atoms with van der Waals surface area (Å²) >= 11 is 0. The van der Waals surface area contributed by atoms with E-state index in [0.717, 1.165) is 6.42 Å². The van der Waals surface area contributed by atoms with Crippen LogP contribution in [0.25, 0.3) is 0 Å². The molecule has 0 aromatic rings. The molecule has 0 spiro atoms. The minimum atomic E-state index is -1.30. The summed E-state index contributed by atoms with van der Waals surface area (Å²) in [6.45, 7) is 0. The average molecular weight is 146 g/mol. The molecule has 0 aliphatic heterocycles. The predicted octanol–water partition coefficient (Wildman–Crippen LogP) is 0.594. The second-order valence-corrected chi connectivity index (χ2v) is 2.42. The van der Waals surface area contributed by atoms with Gasteiger partial charge in [0, 0.05) is 0 Å². The average Bonchev–Trinajstić information content (AvgIpc) is 2.15. The standard InChI is InChI=1S/C6H10O4/c7-4-2-1-3-5(4)10-6(8)9/h4-5,7H,1-3H2,(H,8,9). The number of ether oxygens (including phenoxy) is 1. The quantitative estimate of drug-likeness (QED) is 0.531. The van der Waals surface area contributed by atoms with Crippen LogP contribution in [0.15, 0.2) is 0 Å². The van der Waals surface area contributed by atoms with Gasteiger partial charge in [0.25, 0.3) is 0 Å². The molecule has 0 bridgehead atoms. The van der Waals surface area contributed by atoms with Crippen LogP contribution in [0.5, 0.6) is 0 Å². The van der Waals surface area contributed by atoms with Gasteiger partial charge in [-0.3, -0.25) is 0 Å². The van der Waals surface area contributed by atoms with E-state index in [1.54, 1.807) is 0 Å². The zero-order chi connectivity index (χ0) is 7.56. The van der Waals surface area contributed by atoms with Crippen LogP contribution >= 0.6 is 0 Å². The number of carbonyl (C=O) groups is 1. The van der Waals surface area contributed by atoms with E-state index in [2.05, 4.69) is 4.74 Å². The second kappa shape index (κ2) is 2.88. The van der Waals surface area contributed by atoms with Gasteiger partial charge < -0.3 is 14.9 Å². The highest BCUT2D eigenvalue weighted by atomic mass is 16.7. The van der Waals surface area contributed by atoms with Crippen molar-refractivity contribution in [3.63, 3.8) is 0 Å². The number of aliphatic hydroxyl groups is 1. The summed E-state index contributed by atoms with van der Waals surface area (Å²) in [5.41, 5.74) is 0. The highest BCUT2D eigenvalue weighted by Gasteiger charge is 2.28. The Morgan fingerprint density at radius 1 is 1.50 bits per heavy atom. The van der Waals surface area contributed by atoms with Gasteiger partial charge in [-0.2, -0.15) is 0 Å². The van der Waals surface area contributed by atoms with Crippen molar-refractivity contribution in [1.29, 1.82) is 0 Å². The van der Waals surface area contributed by atoms with Crippen molar-refractivity contribution in [2.75, 3.05) is 0 Å². The molecule has 0 amide bonds. The fourth-order valence-electron chi connectivity index (χ4n) is 1.17. The van der Waals surface area contributed by atoms with E-state index in [-0.39, 0.29) is 0 Å². The Balaban J connectivity index is 2.33. The molecular formula is C6H10O4. The van der Waals surface area contributed by atoms with Crippen LogP contribution < -0.4 is 0 Å². The zero-order valence-corrected chi connectivity index (χ0v) is 5.49. The summed E-state index contributed by atoms with van der Waals surface area (Å²) in [5.74, 6) is 0. The normalized spacial score (nSPS) is 32.1. The van der Waals surface area contributed by atoms with Gasteiger partial charge in [-0.1, -0.05) is 0 Å². The number of hydrogen-bond donors (Lipinski definition) is 2. The molecule has 0 aromatic carbocycles. The van der Waals surface area contributed by atoms with E-state index in [1.165, 1.54) is 0 Å². The minimum Gasteiger partial charge on any atom is -0.450 e. The Labute approximate surface area is 58.4 Å². The van der Waals surface area contributed by atoms with Crippen LogP contribution in [-0.2, 0) is 4.74 Å². The smallest absolute Gasteiger partial charge is 0.450 e. The lowest BCUT2D eigenvalue weighted by Gasteiger charge is -2.11. The molecule has 0 heterocycles. The zero-order valence-electron chi connectivity index (χ0n) is 5.49. The molecule has 0 saturated heterocycles. The molecule has 1 fully saturated rings. The van der Waals surface area contributed by atoms with Crippen molar-refractivity contribution in [1.82, 2.24) is 0 Å². The van der Waals surface area contributed by atoms with Crippen molar-refractivity contribution < 1.29 is 19.7 Å². The van der Waals surface area contributed by atoms with Gasteiger partial charge in [0.15, 0.2) is 0 Å². The van der Waals surface area contributed by atoms with E-state index >= 15 is 0 Å². The number of aliphatic hydroxyl groups excluding tert-OH is 1. The molecule has 0 radical (unpaired) electrons. The van der Waals surface area contributed by atoms with E-state index < -0.39 is 18.4 Å². The molecule has 4 heteroatoms. The predicted molar refractivity (Wildman–Crippen MR) is 32.8 cm³/mol. The molecule has 4 nitrogen and oxygen atoms in total. The van der Waals surface area contributed by atoms with Gasteiger partial charge in [0.2, 0.25) is 0 Å². The second-order valence-electron chi connectivity index (χ2n) is 2.42. The Hall–Kier alpha value is -0.770. The van der Waals surface area contributed by atoms with Crippen molar-refractivity contribution in [2.45, 2.75) is 31.5 Å². The fraction of sp³-hybridized carbons (Fsp3) is 0.833. The monoisotopic (exact) mass is 146 g/mol. The highest BCUT2D eigenvalue weighted by molar-refractivity contribution is 5.57. The van der Waals surface area contributed by atoms with E-state index in [9.17, 15) is 4.79 Å². The van der Waals surface area contributed by atoms with Crippen LogP contribution in [0.2, 0.25) is 0 Å². The third-order valence-corrected chi connectivity index (χ3v) is 1.67. The van der Waals surface area contributed by atoms with Crippen LogP contribution in [0.4, 0.5) is 4.79 Å². The third kappa shape index (κ3) is 1.60. The summed E-state index contributed by atoms with van der Waals surface area (Å²) in [6.07, 6.45) is -0.232. The lowest BCUT2D eigenvalue weighted by molar-refractivity contribution is -0.00209.